The number of hydrogen-bond acceptors (Lipinski definition) is 5. The zero-order valence-corrected chi connectivity index (χ0v) is 15.2. The Morgan fingerprint density at radius 2 is 1.93 bits per heavy atom. The topological polar surface area (TPSA) is 96.0 Å². The van der Waals surface area contributed by atoms with Crippen LogP contribution in [-0.4, -0.2) is 59.8 Å². The molecule has 8 heteroatoms. The SMILES string of the molecule is CN1CC(=O)N(CCCC(=O)O[C@H](C(=O)NC2CC2)c2ccccc2)C1=O. The van der Waals surface area contributed by atoms with Gasteiger partial charge in [-0.05, 0) is 19.3 Å². The van der Waals surface area contributed by atoms with Gasteiger partial charge in [-0.2, -0.15) is 0 Å². The van der Waals surface area contributed by atoms with Gasteiger partial charge in [-0.25, -0.2) is 4.79 Å². The zero-order chi connectivity index (χ0) is 19.4. The van der Waals surface area contributed by atoms with E-state index in [9.17, 15) is 19.2 Å². The Balaban J connectivity index is 1.53. The van der Waals surface area contributed by atoms with Crippen molar-refractivity contribution in [3.05, 3.63) is 35.9 Å². The van der Waals surface area contributed by atoms with Crippen molar-refractivity contribution in [1.82, 2.24) is 15.1 Å². The van der Waals surface area contributed by atoms with Crippen LogP contribution in [0.25, 0.3) is 0 Å². The molecule has 0 radical (unpaired) electrons. The van der Waals surface area contributed by atoms with E-state index in [1.165, 1.54) is 4.90 Å². The second kappa shape index (κ2) is 8.20. The van der Waals surface area contributed by atoms with Gasteiger partial charge >= 0.3 is 12.0 Å². The molecule has 0 bridgehead atoms. The molecule has 3 rings (SSSR count). The van der Waals surface area contributed by atoms with E-state index < -0.39 is 12.1 Å². The molecular formula is C19H23N3O5. The minimum atomic E-state index is -1.000. The molecule has 1 aliphatic heterocycles. The molecule has 1 aromatic carbocycles. The quantitative estimate of drug-likeness (QED) is 0.546. The number of nitrogens with one attached hydrogen (secondary N) is 1. The van der Waals surface area contributed by atoms with E-state index in [1.54, 1.807) is 31.3 Å². The highest BCUT2D eigenvalue weighted by atomic mass is 16.5. The minimum Gasteiger partial charge on any atom is -0.447 e. The van der Waals surface area contributed by atoms with Gasteiger partial charge in [0.2, 0.25) is 12.0 Å². The monoisotopic (exact) mass is 373 g/mol. The van der Waals surface area contributed by atoms with Crippen LogP contribution in [-0.2, 0) is 19.1 Å². The number of benzene rings is 1. The molecule has 2 fully saturated rings. The molecule has 0 spiro atoms. The summed E-state index contributed by atoms with van der Waals surface area (Å²) in [6.45, 7) is 0.210. The number of amides is 4. The number of rotatable bonds is 8. The van der Waals surface area contributed by atoms with E-state index >= 15 is 0 Å². The third kappa shape index (κ3) is 4.84. The summed E-state index contributed by atoms with van der Waals surface area (Å²) in [6.07, 6.45) is 1.18. The maximum Gasteiger partial charge on any atom is 0.326 e. The highest BCUT2D eigenvalue weighted by molar-refractivity contribution is 6.01. The first-order valence-electron chi connectivity index (χ1n) is 9.06. The number of urea groups is 1. The summed E-state index contributed by atoms with van der Waals surface area (Å²) < 4.78 is 5.42. The molecule has 8 nitrogen and oxygen atoms in total. The van der Waals surface area contributed by atoms with Crippen molar-refractivity contribution in [3.63, 3.8) is 0 Å². The molecule has 144 valence electrons. The van der Waals surface area contributed by atoms with Gasteiger partial charge in [0.25, 0.3) is 5.91 Å². The molecule has 1 heterocycles. The lowest BCUT2D eigenvalue weighted by Crippen LogP contribution is -2.34. The van der Waals surface area contributed by atoms with E-state index in [0.29, 0.717) is 5.56 Å². The van der Waals surface area contributed by atoms with Gasteiger partial charge in [0, 0.05) is 31.6 Å². The Kier molecular flexibility index (Phi) is 5.73. The summed E-state index contributed by atoms with van der Waals surface area (Å²) >= 11 is 0. The van der Waals surface area contributed by atoms with Crippen LogP contribution in [0.15, 0.2) is 30.3 Å². The molecule has 2 aliphatic rings. The second-order valence-corrected chi connectivity index (χ2v) is 6.85. The maximum absolute atomic E-state index is 12.4. The third-order valence-electron chi connectivity index (χ3n) is 4.51. The van der Waals surface area contributed by atoms with Gasteiger partial charge in [0.1, 0.15) is 6.54 Å². The number of carbonyl (C=O) groups is 4. The first kappa shape index (κ1) is 18.9. The molecule has 1 atom stereocenters. The third-order valence-corrected chi connectivity index (χ3v) is 4.51. The van der Waals surface area contributed by atoms with Gasteiger partial charge in [0.15, 0.2) is 0 Å². The van der Waals surface area contributed by atoms with Crippen LogP contribution in [0.5, 0.6) is 0 Å². The molecule has 4 amide bonds. The van der Waals surface area contributed by atoms with Crippen LogP contribution >= 0.6 is 0 Å². The van der Waals surface area contributed by atoms with E-state index in [4.69, 9.17) is 4.74 Å². The van der Waals surface area contributed by atoms with E-state index in [2.05, 4.69) is 5.32 Å². The molecule has 0 unspecified atom stereocenters. The number of carbonyl (C=O) groups excluding carboxylic acids is 4. The molecule has 27 heavy (non-hydrogen) atoms. The van der Waals surface area contributed by atoms with Crippen LogP contribution < -0.4 is 5.32 Å². The van der Waals surface area contributed by atoms with E-state index in [0.717, 1.165) is 17.7 Å². The number of hydrogen-bond donors (Lipinski definition) is 1. The maximum atomic E-state index is 12.4. The minimum absolute atomic E-state index is 0.0147. The molecule has 1 saturated heterocycles. The lowest BCUT2D eigenvalue weighted by Gasteiger charge is -2.18. The van der Waals surface area contributed by atoms with Crippen LogP contribution in [0.4, 0.5) is 4.79 Å². The smallest absolute Gasteiger partial charge is 0.326 e. The van der Waals surface area contributed by atoms with Gasteiger partial charge < -0.3 is 15.0 Å². The average Bonchev–Trinajstić information content (AvgIpc) is 3.43. The van der Waals surface area contributed by atoms with Crippen molar-refractivity contribution in [2.24, 2.45) is 0 Å². The summed E-state index contributed by atoms with van der Waals surface area (Å²) in [5.74, 6) is -1.15. The fraction of sp³-hybridized carbons (Fsp3) is 0.474. The summed E-state index contributed by atoms with van der Waals surface area (Å²) in [6, 6.07) is 8.65. The molecule has 1 saturated carbocycles. The zero-order valence-electron chi connectivity index (χ0n) is 15.2. The van der Waals surface area contributed by atoms with Crippen molar-refractivity contribution in [1.29, 1.82) is 0 Å². The molecule has 1 aliphatic carbocycles. The highest BCUT2D eigenvalue weighted by Gasteiger charge is 2.33. The normalized spacial score (nSPS) is 17.8. The Labute approximate surface area is 157 Å². The van der Waals surface area contributed by atoms with Crippen LogP contribution in [0.2, 0.25) is 0 Å². The van der Waals surface area contributed by atoms with Gasteiger partial charge in [-0.15, -0.1) is 0 Å². The van der Waals surface area contributed by atoms with Gasteiger partial charge in [-0.3, -0.25) is 19.3 Å². The van der Waals surface area contributed by atoms with E-state index in [1.807, 2.05) is 6.07 Å². The number of esters is 1. The van der Waals surface area contributed by atoms with Crippen molar-refractivity contribution >= 4 is 23.8 Å². The van der Waals surface area contributed by atoms with Crippen molar-refractivity contribution in [3.8, 4) is 0 Å². The fourth-order valence-electron chi connectivity index (χ4n) is 2.87. The van der Waals surface area contributed by atoms with Crippen molar-refractivity contribution in [2.45, 2.75) is 37.8 Å². The lowest BCUT2D eigenvalue weighted by atomic mass is 10.1. The number of likely N-dealkylation sites (N-methyl/N-ethyl adjacent to an activating group) is 1. The Bertz CT molecular complexity index is 732. The van der Waals surface area contributed by atoms with Crippen LogP contribution in [0.3, 0.4) is 0 Å². The average molecular weight is 373 g/mol. The Morgan fingerprint density at radius 3 is 2.52 bits per heavy atom. The Hall–Kier alpha value is -2.90. The molecule has 1 aromatic rings. The summed E-state index contributed by atoms with van der Waals surface area (Å²) in [5, 5.41) is 2.86. The predicted octanol–water partition coefficient (Wildman–Crippen LogP) is 1.22. The molecular weight excluding hydrogens is 350 g/mol. The predicted molar refractivity (Wildman–Crippen MR) is 95.4 cm³/mol. The fourth-order valence-corrected chi connectivity index (χ4v) is 2.87. The number of ether oxygens (including phenoxy) is 1. The first-order valence-corrected chi connectivity index (χ1v) is 9.06. The second-order valence-electron chi connectivity index (χ2n) is 6.85. The molecule has 0 aromatic heterocycles. The largest absolute Gasteiger partial charge is 0.447 e. The molecule has 1 N–H and O–H groups in total. The Morgan fingerprint density at radius 1 is 1.22 bits per heavy atom. The van der Waals surface area contributed by atoms with Crippen molar-refractivity contribution in [2.75, 3.05) is 20.1 Å². The van der Waals surface area contributed by atoms with Crippen molar-refractivity contribution < 1.29 is 23.9 Å². The summed E-state index contributed by atoms with van der Waals surface area (Å²) in [4.78, 5) is 50.7. The standard InChI is InChI=1S/C19H23N3O5/c1-21-12-15(23)22(19(21)26)11-5-8-16(24)27-17(13-6-3-2-4-7-13)18(25)20-14-9-10-14/h2-4,6-7,14,17H,5,8-12H2,1H3,(H,20,25)/t17-/m0/s1. The van der Waals surface area contributed by atoms with Crippen LogP contribution in [0.1, 0.15) is 37.4 Å². The van der Waals surface area contributed by atoms with E-state index in [-0.39, 0.29) is 49.8 Å². The van der Waals surface area contributed by atoms with Gasteiger partial charge in [0.05, 0.1) is 0 Å². The van der Waals surface area contributed by atoms with Gasteiger partial charge in [-0.1, -0.05) is 30.3 Å². The summed E-state index contributed by atoms with van der Waals surface area (Å²) in [7, 11) is 1.55. The number of nitrogens with zero attached hydrogens (tertiary/aromatic N) is 2. The van der Waals surface area contributed by atoms with Crippen LogP contribution in [0, 0.1) is 0 Å². The number of imide groups is 1. The lowest BCUT2D eigenvalue weighted by molar-refractivity contribution is -0.156. The first-order chi connectivity index (χ1) is 13.0. The summed E-state index contributed by atoms with van der Waals surface area (Å²) in [5.41, 5.74) is 0.607. The highest BCUT2D eigenvalue weighted by Crippen LogP contribution is 2.23.